The van der Waals surface area contributed by atoms with Crippen LogP contribution in [0.3, 0.4) is 0 Å². The van der Waals surface area contributed by atoms with Crippen molar-refractivity contribution in [2.75, 3.05) is 31.1 Å². The summed E-state index contributed by atoms with van der Waals surface area (Å²) in [7, 11) is 0. The molecule has 1 saturated heterocycles. The van der Waals surface area contributed by atoms with E-state index in [0.717, 1.165) is 55.2 Å². The summed E-state index contributed by atoms with van der Waals surface area (Å²) >= 11 is 1.77. The number of aromatic nitrogens is 1. The molecule has 0 radical (unpaired) electrons. The Bertz CT molecular complexity index is 1080. The minimum Gasteiger partial charge on any atom is -0.345 e. The molecule has 1 aromatic heterocycles. The molecule has 5 rings (SSSR count). The molecule has 1 aliphatic carbocycles. The quantitative estimate of drug-likeness (QED) is 0.581. The van der Waals surface area contributed by atoms with Crippen LogP contribution in [0, 0.1) is 0 Å². The Hall–Kier alpha value is -2.40. The number of anilines is 1. The van der Waals surface area contributed by atoms with Gasteiger partial charge in [-0.25, -0.2) is 4.98 Å². The van der Waals surface area contributed by atoms with Crippen molar-refractivity contribution in [1.82, 2.24) is 9.88 Å². The van der Waals surface area contributed by atoms with Crippen LogP contribution in [0.2, 0.25) is 0 Å². The number of nitrogens with zero attached hydrogens (tertiary/aromatic N) is 3. The number of hydrogen-bond acceptors (Lipinski definition) is 4. The predicted molar refractivity (Wildman–Crippen MR) is 125 cm³/mol. The van der Waals surface area contributed by atoms with Crippen molar-refractivity contribution in [1.29, 1.82) is 0 Å². The van der Waals surface area contributed by atoms with Gasteiger partial charge in [0.25, 0.3) is 5.91 Å². The maximum atomic E-state index is 13.1. The number of fused-ring (bicyclic) bond motifs is 2. The second-order valence-electron chi connectivity index (χ2n) is 8.81. The van der Waals surface area contributed by atoms with Gasteiger partial charge in [-0.3, -0.25) is 4.79 Å². The highest BCUT2D eigenvalue weighted by molar-refractivity contribution is 7.22. The molecular formula is C25H29N3OS. The van der Waals surface area contributed by atoms with E-state index < -0.39 is 0 Å². The molecule has 3 aromatic rings. The number of hydrogen-bond donors (Lipinski definition) is 0. The standard InChI is InChI=1S/C25H29N3OS/c1-17(2)21-8-5-9-22-23(21)26-25(30-22)28-14-12-27(13-15-28)24(29)20-11-10-18-6-3-4-7-19(18)16-20/h5,8-11,16-17H,3-4,6-7,12-15H2,1-2H3. The van der Waals surface area contributed by atoms with Crippen LogP contribution in [-0.4, -0.2) is 42.0 Å². The van der Waals surface area contributed by atoms with Gasteiger partial charge < -0.3 is 9.80 Å². The lowest BCUT2D eigenvalue weighted by Crippen LogP contribution is -2.48. The van der Waals surface area contributed by atoms with Crippen molar-refractivity contribution >= 4 is 32.6 Å². The van der Waals surface area contributed by atoms with Gasteiger partial charge in [0.05, 0.1) is 10.2 Å². The first-order valence-electron chi connectivity index (χ1n) is 11.2. The lowest BCUT2D eigenvalue weighted by Gasteiger charge is -2.34. The molecule has 0 spiro atoms. The van der Waals surface area contributed by atoms with Crippen LogP contribution in [-0.2, 0) is 12.8 Å². The molecule has 4 nitrogen and oxygen atoms in total. The third-order valence-corrected chi connectivity index (χ3v) is 7.58. The zero-order chi connectivity index (χ0) is 20.7. The molecule has 2 heterocycles. The first-order chi connectivity index (χ1) is 14.6. The van der Waals surface area contributed by atoms with Crippen LogP contribution in [0.4, 0.5) is 5.13 Å². The lowest BCUT2D eigenvalue weighted by atomic mass is 9.90. The van der Waals surface area contributed by atoms with E-state index in [1.807, 2.05) is 11.0 Å². The molecule has 0 atom stereocenters. The van der Waals surface area contributed by atoms with Gasteiger partial charge in [-0.05, 0) is 66.5 Å². The maximum Gasteiger partial charge on any atom is 0.253 e. The molecule has 2 aromatic carbocycles. The fourth-order valence-electron chi connectivity index (χ4n) is 4.71. The Kier molecular flexibility index (Phi) is 5.23. The lowest BCUT2D eigenvalue weighted by molar-refractivity contribution is 0.0746. The molecule has 1 fully saturated rings. The number of thiazole rings is 1. The minimum absolute atomic E-state index is 0.175. The number of aryl methyl sites for hydroxylation is 2. The smallest absolute Gasteiger partial charge is 0.253 e. The highest BCUT2D eigenvalue weighted by Gasteiger charge is 2.25. The van der Waals surface area contributed by atoms with E-state index in [9.17, 15) is 4.79 Å². The SMILES string of the molecule is CC(C)c1cccc2sc(N3CCN(C(=O)c4ccc5c(c4)CCCC5)CC3)nc12. The number of amides is 1. The molecule has 30 heavy (non-hydrogen) atoms. The van der Waals surface area contributed by atoms with Crippen LogP contribution in [0.5, 0.6) is 0 Å². The molecule has 0 N–H and O–H groups in total. The molecule has 0 bridgehead atoms. The van der Waals surface area contributed by atoms with Crippen LogP contribution in [0.1, 0.15) is 59.7 Å². The maximum absolute atomic E-state index is 13.1. The second kappa shape index (κ2) is 8.03. The van der Waals surface area contributed by atoms with Crippen molar-refractivity contribution in [2.24, 2.45) is 0 Å². The largest absolute Gasteiger partial charge is 0.345 e. The van der Waals surface area contributed by atoms with Gasteiger partial charge in [-0.1, -0.05) is 43.4 Å². The summed E-state index contributed by atoms with van der Waals surface area (Å²) < 4.78 is 1.25. The van der Waals surface area contributed by atoms with E-state index >= 15 is 0 Å². The zero-order valence-electron chi connectivity index (χ0n) is 17.9. The average molecular weight is 420 g/mol. The highest BCUT2D eigenvalue weighted by atomic mass is 32.1. The van der Waals surface area contributed by atoms with E-state index in [0.29, 0.717) is 5.92 Å². The summed E-state index contributed by atoms with van der Waals surface area (Å²) in [6, 6.07) is 12.8. The molecule has 156 valence electrons. The summed E-state index contributed by atoms with van der Waals surface area (Å²) in [5, 5.41) is 1.08. The minimum atomic E-state index is 0.175. The van der Waals surface area contributed by atoms with Crippen molar-refractivity contribution in [3.8, 4) is 0 Å². The van der Waals surface area contributed by atoms with Gasteiger partial charge in [0.1, 0.15) is 0 Å². The summed E-state index contributed by atoms with van der Waals surface area (Å²) in [5.74, 6) is 0.643. The molecule has 5 heteroatoms. The Morgan fingerprint density at radius 1 is 1.00 bits per heavy atom. The average Bonchev–Trinajstić information content (AvgIpc) is 3.22. The van der Waals surface area contributed by atoms with E-state index in [1.54, 1.807) is 11.3 Å². The van der Waals surface area contributed by atoms with Gasteiger partial charge in [0, 0.05) is 31.7 Å². The van der Waals surface area contributed by atoms with Crippen molar-refractivity contribution in [2.45, 2.75) is 45.4 Å². The van der Waals surface area contributed by atoms with E-state index in [4.69, 9.17) is 4.98 Å². The molecule has 1 aliphatic heterocycles. The fraction of sp³-hybridized carbons (Fsp3) is 0.440. The number of carbonyl (C=O) groups excluding carboxylic acids is 1. The molecule has 0 unspecified atom stereocenters. The summed E-state index contributed by atoms with van der Waals surface area (Å²) in [5.41, 5.74) is 6.11. The van der Waals surface area contributed by atoms with Gasteiger partial charge in [0.15, 0.2) is 5.13 Å². The predicted octanol–water partition coefficient (Wildman–Crippen LogP) is 5.26. The van der Waals surface area contributed by atoms with Crippen LogP contribution in [0.15, 0.2) is 36.4 Å². The Balaban J connectivity index is 1.29. The summed E-state index contributed by atoms with van der Waals surface area (Å²) in [6.45, 7) is 7.63. The van der Waals surface area contributed by atoms with Crippen LogP contribution < -0.4 is 4.90 Å². The first-order valence-corrected chi connectivity index (χ1v) is 12.0. The summed E-state index contributed by atoms with van der Waals surface area (Å²) in [4.78, 5) is 22.4. The monoisotopic (exact) mass is 419 g/mol. The van der Waals surface area contributed by atoms with Crippen LogP contribution >= 0.6 is 11.3 Å². The van der Waals surface area contributed by atoms with E-state index in [2.05, 4.69) is 49.1 Å². The molecular weight excluding hydrogens is 390 g/mol. The van der Waals surface area contributed by atoms with Gasteiger partial charge in [-0.2, -0.15) is 0 Å². The number of piperazine rings is 1. The van der Waals surface area contributed by atoms with Gasteiger partial charge in [-0.15, -0.1) is 0 Å². The van der Waals surface area contributed by atoms with E-state index in [1.165, 1.54) is 34.2 Å². The van der Waals surface area contributed by atoms with Gasteiger partial charge in [0.2, 0.25) is 0 Å². The fourth-order valence-corrected chi connectivity index (χ4v) is 5.76. The van der Waals surface area contributed by atoms with Crippen molar-refractivity contribution in [3.63, 3.8) is 0 Å². The van der Waals surface area contributed by atoms with Crippen LogP contribution in [0.25, 0.3) is 10.2 Å². The number of benzene rings is 2. The zero-order valence-corrected chi connectivity index (χ0v) is 18.7. The van der Waals surface area contributed by atoms with Crippen molar-refractivity contribution in [3.05, 3.63) is 58.7 Å². The third-order valence-electron chi connectivity index (χ3n) is 6.49. The van der Waals surface area contributed by atoms with Gasteiger partial charge >= 0.3 is 0 Å². The topological polar surface area (TPSA) is 36.4 Å². The second-order valence-corrected chi connectivity index (χ2v) is 9.82. The first kappa shape index (κ1) is 19.6. The summed E-state index contributed by atoms with van der Waals surface area (Å²) in [6.07, 6.45) is 4.78. The highest BCUT2D eigenvalue weighted by Crippen LogP contribution is 2.34. The van der Waals surface area contributed by atoms with Crippen molar-refractivity contribution < 1.29 is 4.79 Å². The Morgan fingerprint density at radius 3 is 2.53 bits per heavy atom. The third kappa shape index (κ3) is 3.60. The Morgan fingerprint density at radius 2 is 1.77 bits per heavy atom. The molecule has 0 saturated carbocycles. The number of carbonyl (C=O) groups is 1. The van der Waals surface area contributed by atoms with E-state index in [-0.39, 0.29) is 5.91 Å². The molecule has 2 aliphatic rings. The number of rotatable bonds is 3. The number of para-hydroxylation sites is 1. The molecule has 1 amide bonds. The Labute approximate surface area is 182 Å². The normalized spacial score (nSPS) is 16.9.